The molecule has 2 N–H and O–H groups in total. The number of fused-ring (bicyclic) bond motifs is 1. The molecule has 2 aliphatic rings. The maximum absolute atomic E-state index is 12.4. The van der Waals surface area contributed by atoms with Gasteiger partial charge in [0.1, 0.15) is 0 Å². The van der Waals surface area contributed by atoms with Crippen molar-refractivity contribution >= 4 is 17.3 Å². The van der Waals surface area contributed by atoms with Crippen molar-refractivity contribution in [1.29, 1.82) is 0 Å². The number of carbonyl (C=O) groups is 1. The summed E-state index contributed by atoms with van der Waals surface area (Å²) in [7, 11) is 0. The maximum atomic E-state index is 12.4. The second-order valence-electron chi connectivity index (χ2n) is 7.19. The number of amides is 1. The summed E-state index contributed by atoms with van der Waals surface area (Å²) in [6.45, 7) is 3.79. The number of benzene rings is 1. The normalized spacial score (nSPS) is 25.4. The molecule has 5 nitrogen and oxygen atoms in total. The minimum Gasteiger partial charge on any atom is -0.376 e. The Morgan fingerprint density at radius 2 is 1.88 bits per heavy atom. The van der Waals surface area contributed by atoms with E-state index in [9.17, 15) is 9.59 Å². The van der Waals surface area contributed by atoms with E-state index >= 15 is 0 Å². The predicted octanol–water partition coefficient (Wildman–Crippen LogP) is 3.31. The molecule has 25 heavy (non-hydrogen) atoms. The number of rotatable bonds is 3. The lowest BCUT2D eigenvalue weighted by atomic mass is 9.82. The van der Waals surface area contributed by atoms with E-state index in [0.29, 0.717) is 5.92 Å². The predicted molar refractivity (Wildman–Crippen MR) is 98.7 cm³/mol. The molecule has 1 aromatic heterocycles. The van der Waals surface area contributed by atoms with Crippen LogP contribution in [-0.4, -0.2) is 16.9 Å². The van der Waals surface area contributed by atoms with Crippen molar-refractivity contribution in [2.45, 2.75) is 38.8 Å². The van der Waals surface area contributed by atoms with Gasteiger partial charge in [0.2, 0.25) is 11.5 Å². The molecule has 0 saturated heterocycles. The van der Waals surface area contributed by atoms with E-state index in [-0.39, 0.29) is 29.5 Å². The molecule has 0 spiro atoms. The average Bonchev–Trinajstić information content (AvgIpc) is 3.42. The first-order chi connectivity index (χ1) is 12.1. The third-order valence-electron chi connectivity index (χ3n) is 5.40. The van der Waals surface area contributed by atoms with Gasteiger partial charge in [0.05, 0.1) is 17.4 Å². The smallest absolute Gasteiger partial charge is 0.248 e. The molecule has 2 heterocycles. The topological polar surface area (TPSA) is 65.2 Å². The highest BCUT2D eigenvalue weighted by Gasteiger charge is 2.47. The van der Waals surface area contributed by atoms with Crippen LogP contribution in [0.2, 0.25) is 0 Å². The molecule has 1 aromatic carbocycles. The Bertz CT molecular complexity index is 842. The van der Waals surface area contributed by atoms with Crippen molar-refractivity contribution in [2.24, 2.45) is 11.8 Å². The van der Waals surface area contributed by atoms with E-state index in [1.807, 2.05) is 35.2 Å². The van der Waals surface area contributed by atoms with Crippen molar-refractivity contribution in [3.8, 4) is 0 Å². The van der Waals surface area contributed by atoms with Gasteiger partial charge in [0.15, 0.2) is 0 Å². The fourth-order valence-corrected chi connectivity index (χ4v) is 4.16. The van der Waals surface area contributed by atoms with Crippen molar-refractivity contribution in [3.63, 3.8) is 0 Å². The number of aromatic nitrogens is 1. The van der Waals surface area contributed by atoms with Crippen LogP contribution in [0.4, 0.5) is 11.4 Å². The van der Waals surface area contributed by atoms with Crippen LogP contribution >= 0.6 is 0 Å². The molecule has 1 unspecified atom stereocenters. The van der Waals surface area contributed by atoms with E-state index in [1.54, 1.807) is 13.0 Å². The Balaban J connectivity index is 1.82. The summed E-state index contributed by atoms with van der Waals surface area (Å²) >= 11 is 0. The summed E-state index contributed by atoms with van der Waals surface area (Å²) in [4.78, 5) is 29.3. The quantitative estimate of drug-likeness (QED) is 0.903. The first-order valence-corrected chi connectivity index (χ1v) is 8.91. The molecule has 2 aromatic rings. The van der Waals surface area contributed by atoms with Crippen LogP contribution in [0.25, 0.3) is 0 Å². The summed E-state index contributed by atoms with van der Waals surface area (Å²) in [6.07, 6.45) is 2.32. The summed E-state index contributed by atoms with van der Waals surface area (Å²) in [6, 6.07) is 13.4. The minimum absolute atomic E-state index is 0.0347. The summed E-state index contributed by atoms with van der Waals surface area (Å²) in [5, 5.41) is 3.58. The highest BCUT2D eigenvalue weighted by Crippen LogP contribution is 2.49. The Kier molecular flexibility index (Phi) is 3.86. The Hall–Kier alpha value is -2.56. The molecule has 0 bridgehead atoms. The number of hydrogen-bond donors (Lipinski definition) is 2. The fraction of sp³-hybridized carbons (Fsp3) is 0.400. The SMILES string of the molecule is CC(=O)N1c2ccc(=O)[nH]c2C(Nc2ccccc2)[C@@H](C)[C@@H]1C1CC1. The molecule has 0 radical (unpaired) electrons. The standard InChI is InChI=1S/C20H23N3O2/c1-12-18(21-15-6-4-3-5-7-15)19-16(10-11-17(25)22-19)23(13(2)24)20(12)14-8-9-14/h3-7,10-12,14,18,20-21H,8-9H2,1-2H3,(H,22,25)/t12-,18?,20-/m1/s1. The molecule has 1 aliphatic heterocycles. The van der Waals surface area contributed by atoms with Crippen LogP contribution in [-0.2, 0) is 4.79 Å². The highest BCUT2D eigenvalue weighted by atomic mass is 16.2. The first kappa shape index (κ1) is 15.9. The van der Waals surface area contributed by atoms with Gasteiger partial charge in [-0.3, -0.25) is 9.59 Å². The maximum Gasteiger partial charge on any atom is 0.248 e. The van der Waals surface area contributed by atoms with Crippen LogP contribution < -0.4 is 15.8 Å². The van der Waals surface area contributed by atoms with Crippen molar-refractivity contribution in [2.75, 3.05) is 10.2 Å². The third kappa shape index (κ3) is 2.84. The average molecular weight is 337 g/mol. The number of H-pyrrole nitrogens is 1. The van der Waals surface area contributed by atoms with Gasteiger partial charge in [0.25, 0.3) is 0 Å². The molecule has 3 atom stereocenters. The number of pyridine rings is 1. The number of hydrogen-bond acceptors (Lipinski definition) is 3. The van der Waals surface area contributed by atoms with E-state index in [1.165, 1.54) is 6.07 Å². The Labute approximate surface area is 147 Å². The molecule has 1 amide bonds. The van der Waals surface area contributed by atoms with Crippen LogP contribution in [0, 0.1) is 11.8 Å². The summed E-state index contributed by atoms with van der Waals surface area (Å²) in [5.41, 5.74) is 2.51. The Morgan fingerprint density at radius 1 is 1.16 bits per heavy atom. The van der Waals surface area contributed by atoms with Gasteiger partial charge < -0.3 is 15.2 Å². The summed E-state index contributed by atoms with van der Waals surface area (Å²) < 4.78 is 0. The second-order valence-corrected chi connectivity index (χ2v) is 7.19. The molecule has 4 rings (SSSR count). The third-order valence-corrected chi connectivity index (χ3v) is 5.40. The van der Waals surface area contributed by atoms with E-state index in [2.05, 4.69) is 17.2 Å². The number of nitrogens with one attached hydrogen (secondary N) is 2. The minimum atomic E-state index is -0.140. The fourth-order valence-electron chi connectivity index (χ4n) is 4.16. The van der Waals surface area contributed by atoms with E-state index in [4.69, 9.17) is 0 Å². The van der Waals surface area contributed by atoms with Gasteiger partial charge >= 0.3 is 0 Å². The van der Waals surface area contributed by atoms with E-state index in [0.717, 1.165) is 29.9 Å². The molecule has 1 aliphatic carbocycles. The molecule has 1 saturated carbocycles. The van der Waals surface area contributed by atoms with Gasteiger partial charge in [-0.15, -0.1) is 0 Å². The van der Waals surface area contributed by atoms with Crippen LogP contribution in [0.15, 0.2) is 47.3 Å². The molecule has 5 heteroatoms. The first-order valence-electron chi connectivity index (χ1n) is 8.91. The van der Waals surface area contributed by atoms with Gasteiger partial charge in [-0.05, 0) is 37.0 Å². The zero-order chi connectivity index (χ0) is 17.6. The highest BCUT2D eigenvalue weighted by molar-refractivity contribution is 5.93. The van der Waals surface area contributed by atoms with Gasteiger partial charge in [-0.2, -0.15) is 0 Å². The van der Waals surface area contributed by atoms with Crippen LogP contribution in [0.5, 0.6) is 0 Å². The molecular formula is C20H23N3O2. The molecular weight excluding hydrogens is 314 g/mol. The van der Waals surface area contributed by atoms with Gasteiger partial charge in [-0.25, -0.2) is 0 Å². The molecule has 1 fully saturated rings. The van der Waals surface area contributed by atoms with E-state index < -0.39 is 0 Å². The van der Waals surface area contributed by atoms with Crippen molar-refractivity contribution in [1.82, 2.24) is 4.98 Å². The van der Waals surface area contributed by atoms with Crippen molar-refractivity contribution in [3.05, 3.63) is 58.5 Å². The number of carbonyl (C=O) groups excluding carboxylic acids is 1. The van der Waals surface area contributed by atoms with Crippen molar-refractivity contribution < 1.29 is 4.79 Å². The van der Waals surface area contributed by atoms with Crippen LogP contribution in [0.1, 0.15) is 38.4 Å². The summed E-state index contributed by atoms with van der Waals surface area (Å²) in [5.74, 6) is 0.774. The van der Waals surface area contributed by atoms with Crippen LogP contribution in [0.3, 0.4) is 0 Å². The lowest BCUT2D eigenvalue weighted by molar-refractivity contribution is -0.117. The number of aromatic amines is 1. The van der Waals surface area contributed by atoms with Gasteiger partial charge in [0, 0.05) is 30.6 Å². The molecule has 130 valence electrons. The number of anilines is 2. The zero-order valence-electron chi connectivity index (χ0n) is 14.5. The largest absolute Gasteiger partial charge is 0.376 e. The van der Waals surface area contributed by atoms with Gasteiger partial charge in [-0.1, -0.05) is 25.1 Å². The number of para-hydroxylation sites is 1. The lowest BCUT2D eigenvalue weighted by Crippen LogP contribution is -2.51. The zero-order valence-corrected chi connectivity index (χ0v) is 14.5. The monoisotopic (exact) mass is 337 g/mol. The number of nitrogens with zero attached hydrogens (tertiary/aromatic N) is 1. The Morgan fingerprint density at radius 3 is 2.52 bits per heavy atom. The second kappa shape index (κ2) is 6.06. The lowest BCUT2D eigenvalue weighted by Gasteiger charge is -2.45.